The Morgan fingerprint density at radius 1 is 0.771 bits per heavy atom. The van der Waals surface area contributed by atoms with Crippen LogP contribution in [0.3, 0.4) is 0 Å². The maximum Gasteiger partial charge on any atom is 0.555 e. The summed E-state index contributed by atoms with van der Waals surface area (Å²) in [6, 6.07) is 31.3. The second-order valence-corrected chi connectivity index (χ2v) is 10.5. The minimum absolute atomic E-state index is 0.255. The Balaban J connectivity index is 1.41. The Bertz CT molecular complexity index is 1230. The summed E-state index contributed by atoms with van der Waals surface area (Å²) in [6.07, 6.45) is 8.20. The van der Waals surface area contributed by atoms with Gasteiger partial charge < -0.3 is 9.31 Å². The fourth-order valence-electron chi connectivity index (χ4n) is 6.52. The average Bonchev–Trinajstić information content (AvgIpc) is 3.27. The van der Waals surface area contributed by atoms with E-state index in [4.69, 9.17) is 9.31 Å². The molecule has 178 valence electrons. The highest BCUT2D eigenvalue weighted by Gasteiger charge is 2.53. The Kier molecular flexibility index (Phi) is 6.36. The Labute approximate surface area is 209 Å². The molecule has 0 aromatic heterocycles. The highest BCUT2D eigenvalue weighted by Crippen LogP contribution is 2.41. The molecule has 4 aromatic rings. The molecule has 4 aromatic carbocycles. The van der Waals surface area contributed by atoms with Crippen molar-refractivity contribution in [2.75, 3.05) is 7.11 Å². The molecule has 1 saturated heterocycles. The molecule has 1 saturated carbocycles. The zero-order valence-corrected chi connectivity index (χ0v) is 20.6. The van der Waals surface area contributed by atoms with E-state index in [1.807, 2.05) is 0 Å². The van der Waals surface area contributed by atoms with Gasteiger partial charge in [0, 0.05) is 26.0 Å². The van der Waals surface area contributed by atoms with Crippen molar-refractivity contribution >= 4 is 28.8 Å². The zero-order valence-electron chi connectivity index (χ0n) is 20.6. The highest BCUT2D eigenvalue weighted by atomic mass is 16.6. The Morgan fingerprint density at radius 2 is 1.31 bits per heavy atom. The minimum Gasteiger partial charge on any atom is -0.400 e. The van der Waals surface area contributed by atoms with Gasteiger partial charge in [-0.25, -0.2) is 0 Å². The SMILES string of the molecule is COB1NC(C2CCCCC2)C(Cc2ccc3ccccc3c2)(Cc2ccc3ccccc3c2)O1. The molecule has 1 aliphatic heterocycles. The first-order valence-corrected chi connectivity index (χ1v) is 13.1. The predicted octanol–water partition coefficient (Wildman–Crippen LogP) is 6.72. The first-order chi connectivity index (χ1) is 17.2. The molecule has 6 rings (SSSR count). The molecular weight excluding hydrogens is 429 g/mol. The molecule has 1 heterocycles. The van der Waals surface area contributed by atoms with E-state index in [9.17, 15) is 0 Å². The summed E-state index contributed by atoms with van der Waals surface area (Å²) >= 11 is 0. The van der Waals surface area contributed by atoms with E-state index in [0.717, 1.165) is 12.8 Å². The van der Waals surface area contributed by atoms with Gasteiger partial charge in [-0.15, -0.1) is 0 Å². The summed E-state index contributed by atoms with van der Waals surface area (Å²) in [7, 11) is 1.38. The van der Waals surface area contributed by atoms with Crippen LogP contribution in [0.2, 0.25) is 0 Å². The van der Waals surface area contributed by atoms with Gasteiger partial charge in [0.25, 0.3) is 0 Å². The van der Waals surface area contributed by atoms with Crippen molar-refractivity contribution in [2.24, 2.45) is 5.92 Å². The fraction of sp³-hybridized carbons (Fsp3) is 0.355. The number of nitrogens with one attached hydrogen (secondary N) is 1. The second kappa shape index (κ2) is 9.77. The summed E-state index contributed by atoms with van der Waals surface area (Å²) < 4.78 is 12.6. The summed E-state index contributed by atoms with van der Waals surface area (Å²) in [5.74, 6) is 0.602. The third kappa shape index (κ3) is 4.63. The van der Waals surface area contributed by atoms with E-state index in [1.54, 1.807) is 7.11 Å². The van der Waals surface area contributed by atoms with E-state index < -0.39 is 0 Å². The monoisotopic (exact) mass is 463 g/mol. The van der Waals surface area contributed by atoms with Gasteiger partial charge in [-0.05, 0) is 51.4 Å². The number of fused-ring (bicyclic) bond motifs is 2. The lowest BCUT2D eigenvalue weighted by Gasteiger charge is -2.41. The first-order valence-electron chi connectivity index (χ1n) is 13.1. The van der Waals surface area contributed by atoms with Crippen LogP contribution in [0.1, 0.15) is 43.2 Å². The van der Waals surface area contributed by atoms with Crippen LogP contribution >= 0.6 is 0 Å². The molecule has 0 radical (unpaired) electrons. The van der Waals surface area contributed by atoms with Crippen molar-refractivity contribution in [3.63, 3.8) is 0 Å². The molecule has 4 heteroatoms. The fourth-order valence-corrected chi connectivity index (χ4v) is 6.52. The molecule has 2 fully saturated rings. The molecule has 1 unspecified atom stereocenters. The zero-order chi connectivity index (χ0) is 23.7. The van der Waals surface area contributed by atoms with Gasteiger partial charge in [-0.3, -0.25) is 5.23 Å². The van der Waals surface area contributed by atoms with Crippen LogP contribution in [0.5, 0.6) is 0 Å². The highest BCUT2D eigenvalue weighted by molar-refractivity contribution is 6.42. The normalized spacial score (nSPS) is 20.6. The summed E-state index contributed by atoms with van der Waals surface area (Å²) in [4.78, 5) is 0. The molecule has 1 aliphatic carbocycles. The van der Waals surface area contributed by atoms with Crippen molar-refractivity contribution in [1.82, 2.24) is 5.23 Å². The molecule has 1 N–H and O–H groups in total. The number of hydrogen-bond donors (Lipinski definition) is 1. The average molecular weight is 463 g/mol. The van der Waals surface area contributed by atoms with E-state index >= 15 is 0 Å². The van der Waals surface area contributed by atoms with E-state index in [0.29, 0.717) is 5.92 Å². The molecular formula is C31H34BNO2. The van der Waals surface area contributed by atoms with Gasteiger partial charge >= 0.3 is 7.25 Å². The molecule has 2 aliphatic rings. The predicted molar refractivity (Wildman–Crippen MR) is 145 cm³/mol. The summed E-state index contributed by atoms with van der Waals surface area (Å²) in [6.45, 7) is 0. The largest absolute Gasteiger partial charge is 0.555 e. The third-order valence-corrected chi connectivity index (χ3v) is 8.19. The Hall–Kier alpha value is -2.66. The lowest BCUT2D eigenvalue weighted by atomic mass is 9.72. The molecule has 1 atom stereocenters. The van der Waals surface area contributed by atoms with Crippen LogP contribution in [-0.4, -0.2) is 26.0 Å². The smallest absolute Gasteiger partial charge is 0.400 e. The van der Waals surface area contributed by atoms with Crippen molar-refractivity contribution in [3.05, 3.63) is 96.1 Å². The number of hydrogen-bond acceptors (Lipinski definition) is 3. The first kappa shape index (κ1) is 22.8. The molecule has 0 bridgehead atoms. The van der Waals surface area contributed by atoms with Crippen LogP contribution in [0.15, 0.2) is 84.9 Å². The van der Waals surface area contributed by atoms with E-state index in [1.165, 1.54) is 64.8 Å². The summed E-state index contributed by atoms with van der Waals surface area (Å²) in [5.41, 5.74) is 2.28. The lowest BCUT2D eigenvalue weighted by Crippen LogP contribution is -2.52. The molecule has 3 nitrogen and oxygen atoms in total. The quantitative estimate of drug-likeness (QED) is 0.322. The Morgan fingerprint density at radius 3 is 1.86 bits per heavy atom. The molecule has 0 spiro atoms. The van der Waals surface area contributed by atoms with Gasteiger partial charge in [-0.1, -0.05) is 104 Å². The van der Waals surface area contributed by atoms with Crippen LogP contribution in [0, 0.1) is 5.92 Å². The standard InChI is InChI=1S/C31H34BNO2/c1-34-32-33-30(27-11-3-2-4-12-27)31(35-32,21-23-15-17-25-9-5-7-13-28(25)19-23)22-24-16-18-26-10-6-8-14-29(26)20-24/h5-10,13-20,27,30,33H,2-4,11-12,21-22H2,1H3. The van der Waals surface area contributed by atoms with Gasteiger partial charge in [0.1, 0.15) is 0 Å². The minimum atomic E-state index is -0.372. The van der Waals surface area contributed by atoms with Crippen LogP contribution in [-0.2, 0) is 22.2 Å². The van der Waals surface area contributed by atoms with Gasteiger partial charge in [0.2, 0.25) is 0 Å². The van der Waals surface area contributed by atoms with Crippen molar-refractivity contribution in [3.8, 4) is 0 Å². The van der Waals surface area contributed by atoms with Gasteiger partial charge in [-0.2, -0.15) is 0 Å². The lowest BCUT2D eigenvalue weighted by molar-refractivity contribution is 0.0295. The van der Waals surface area contributed by atoms with Crippen LogP contribution in [0.4, 0.5) is 0 Å². The van der Waals surface area contributed by atoms with Gasteiger partial charge in [0.05, 0.1) is 5.60 Å². The molecule has 35 heavy (non-hydrogen) atoms. The maximum absolute atomic E-state index is 6.86. The summed E-state index contributed by atoms with van der Waals surface area (Å²) in [5, 5.41) is 8.91. The maximum atomic E-state index is 6.86. The van der Waals surface area contributed by atoms with Crippen molar-refractivity contribution in [2.45, 2.75) is 56.6 Å². The number of rotatable bonds is 6. The van der Waals surface area contributed by atoms with Crippen LogP contribution < -0.4 is 5.23 Å². The van der Waals surface area contributed by atoms with E-state index in [2.05, 4.69) is 90.2 Å². The van der Waals surface area contributed by atoms with Crippen LogP contribution in [0.25, 0.3) is 21.5 Å². The van der Waals surface area contributed by atoms with Gasteiger partial charge in [0.15, 0.2) is 0 Å². The molecule has 0 amide bonds. The van der Waals surface area contributed by atoms with E-state index in [-0.39, 0.29) is 18.9 Å². The topological polar surface area (TPSA) is 30.5 Å². The van der Waals surface area contributed by atoms with Crippen molar-refractivity contribution in [1.29, 1.82) is 0 Å². The third-order valence-electron chi connectivity index (χ3n) is 8.19. The second-order valence-electron chi connectivity index (χ2n) is 10.5. The number of benzene rings is 4. The van der Waals surface area contributed by atoms with Crippen molar-refractivity contribution < 1.29 is 9.31 Å².